The highest BCUT2D eigenvalue weighted by Crippen LogP contribution is 2.11. The molecule has 0 radical (unpaired) electrons. The number of rotatable bonds is 7. The first-order valence-electron chi connectivity index (χ1n) is 6.00. The summed E-state index contributed by atoms with van der Waals surface area (Å²) in [4.78, 5) is 11.5. The van der Waals surface area contributed by atoms with Crippen LogP contribution in [0.25, 0.3) is 0 Å². The van der Waals surface area contributed by atoms with Gasteiger partial charge in [-0.2, -0.15) is 0 Å². The van der Waals surface area contributed by atoms with Gasteiger partial charge in [-0.05, 0) is 24.2 Å². The van der Waals surface area contributed by atoms with Crippen LogP contribution in [0.5, 0.6) is 0 Å². The van der Waals surface area contributed by atoms with Gasteiger partial charge in [0.2, 0.25) is 15.9 Å². The SMILES string of the molecule is CCNCCC(=O)Nc1ccc(CS(N)(=O)=O)cc1. The van der Waals surface area contributed by atoms with E-state index in [1.165, 1.54) is 0 Å². The molecular weight excluding hydrogens is 266 g/mol. The van der Waals surface area contributed by atoms with Crippen molar-refractivity contribution in [2.75, 3.05) is 18.4 Å². The van der Waals surface area contributed by atoms with E-state index in [0.717, 1.165) is 6.54 Å². The number of carbonyl (C=O) groups excluding carboxylic acids is 1. The Labute approximate surface area is 113 Å². The third kappa shape index (κ3) is 6.90. The second-order valence-corrected chi connectivity index (χ2v) is 5.77. The number of hydrogen-bond acceptors (Lipinski definition) is 4. The summed E-state index contributed by atoms with van der Waals surface area (Å²) in [5, 5.41) is 10.7. The summed E-state index contributed by atoms with van der Waals surface area (Å²) in [5.41, 5.74) is 1.23. The molecule has 0 heterocycles. The summed E-state index contributed by atoms with van der Waals surface area (Å²) >= 11 is 0. The molecule has 0 aromatic heterocycles. The van der Waals surface area contributed by atoms with E-state index in [9.17, 15) is 13.2 Å². The fraction of sp³-hybridized carbons (Fsp3) is 0.417. The number of primary sulfonamides is 1. The molecule has 19 heavy (non-hydrogen) atoms. The lowest BCUT2D eigenvalue weighted by atomic mass is 10.2. The Balaban J connectivity index is 2.50. The number of benzene rings is 1. The molecular formula is C12H19N3O3S. The Hall–Kier alpha value is -1.44. The second-order valence-electron chi connectivity index (χ2n) is 4.16. The molecule has 0 saturated heterocycles. The van der Waals surface area contributed by atoms with Crippen molar-refractivity contribution < 1.29 is 13.2 Å². The maximum atomic E-state index is 11.5. The fourth-order valence-electron chi connectivity index (χ4n) is 1.52. The maximum Gasteiger partial charge on any atom is 0.225 e. The highest BCUT2D eigenvalue weighted by atomic mass is 32.2. The van der Waals surface area contributed by atoms with Crippen LogP contribution >= 0.6 is 0 Å². The molecule has 106 valence electrons. The van der Waals surface area contributed by atoms with Crippen LogP contribution in [-0.2, 0) is 20.6 Å². The van der Waals surface area contributed by atoms with Crippen molar-refractivity contribution in [1.82, 2.24) is 5.32 Å². The summed E-state index contributed by atoms with van der Waals surface area (Å²) in [6, 6.07) is 6.58. The highest BCUT2D eigenvalue weighted by molar-refractivity contribution is 7.88. The molecule has 7 heteroatoms. The summed E-state index contributed by atoms with van der Waals surface area (Å²) in [7, 11) is -3.52. The Morgan fingerprint density at radius 3 is 2.42 bits per heavy atom. The smallest absolute Gasteiger partial charge is 0.225 e. The van der Waals surface area contributed by atoms with Crippen LogP contribution in [0.15, 0.2) is 24.3 Å². The van der Waals surface area contributed by atoms with E-state index in [1.54, 1.807) is 24.3 Å². The quantitative estimate of drug-likeness (QED) is 0.632. The predicted octanol–water partition coefficient (Wildman–Crippen LogP) is 0.413. The van der Waals surface area contributed by atoms with Gasteiger partial charge in [-0.25, -0.2) is 13.6 Å². The van der Waals surface area contributed by atoms with Gasteiger partial charge in [0.15, 0.2) is 0 Å². The van der Waals surface area contributed by atoms with E-state index in [1.807, 2.05) is 6.92 Å². The first-order chi connectivity index (χ1) is 8.90. The van der Waals surface area contributed by atoms with Crippen molar-refractivity contribution >= 4 is 21.6 Å². The lowest BCUT2D eigenvalue weighted by molar-refractivity contribution is -0.116. The Kier molecular flexibility index (Phi) is 5.94. The Morgan fingerprint density at radius 1 is 1.26 bits per heavy atom. The van der Waals surface area contributed by atoms with Gasteiger partial charge in [-0.1, -0.05) is 19.1 Å². The number of nitrogens with one attached hydrogen (secondary N) is 2. The van der Waals surface area contributed by atoms with E-state index in [4.69, 9.17) is 5.14 Å². The van der Waals surface area contributed by atoms with Crippen molar-refractivity contribution in [3.05, 3.63) is 29.8 Å². The van der Waals surface area contributed by atoms with Crippen LogP contribution in [0.4, 0.5) is 5.69 Å². The fourth-order valence-corrected chi connectivity index (χ4v) is 2.18. The number of amides is 1. The van der Waals surface area contributed by atoms with Gasteiger partial charge in [-0.15, -0.1) is 0 Å². The summed E-state index contributed by atoms with van der Waals surface area (Å²) in [6.07, 6.45) is 0.396. The van der Waals surface area contributed by atoms with Crippen molar-refractivity contribution in [3.63, 3.8) is 0 Å². The zero-order valence-electron chi connectivity index (χ0n) is 10.8. The van der Waals surface area contributed by atoms with Gasteiger partial charge in [0.1, 0.15) is 0 Å². The van der Waals surface area contributed by atoms with Crippen LogP contribution in [-0.4, -0.2) is 27.4 Å². The van der Waals surface area contributed by atoms with Gasteiger partial charge in [0.05, 0.1) is 5.75 Å². The van der Waals surface area contributed by atoms with E-state index in [2.05, 4.69) is 10.6 Å². The first kappa shape index (κ1) is 15.6. The van der Waals surface area contributed by atoms with Crippen molar-refractivity contribution in [2.24, 2.45) is 5.14 Å². The molecule has 0 bridgehead atoms. The van der Waals surface area contributed by atoms with Crippen LogP contribution in [0.2, 0.25) is 0 Å². The largest absolute Gasteiger partial charge is 0.326 e. The average molecular weight is 285 g/mol. The average Bonchev–Trinajstić information content (AvgIpc) is 2.30. The van der Waals surface area contributed by atoms with Gasteiger partial charge < -0.3 is 10.6 Å². The molecule has 4 N–H and O–H groups in total. The number of anilines is 1. The standard InChI is InChI=1S/C12H19N3O3S/c1-2-14-8-7-12(16)15-11-5-3-10(4-6-11)9-19(13,17)18/h3-6,14H,2,7-9H2,1H3,(H,15,16)(H2,13,17,18). The molecule has 0 unspecified atom stereocenters. The number of hydrogen-bond donors (Lipinski definition) is 3. The summed E-state index contributed by atoms with van der Waals surface area (Å²) in [5.74, 6) is -0.290. The zero-order valence-corrected chi connectivity index (χ0v) is 11.7. The van der Waals surface area contributed by atoms with E-state index >= 15 is 0 Å². The zero-order chi connectivity index (χ0) is 14.3. The molecule has 0 saturated carbocycles. The molecule has 1 aromatic rings. The topological polar surface area (TPSA) is 101 Å². The van der Waals surface area contributed by atoms with Crippen LogP contribution in [0.1, 0.15) is 18.9 Å². The van der Waals surface area contributed by atoms with E-state index in [-0.39, 0.29) is 11.7 Å². The molecule has 0 aliphatic rings. The third-order valence-corrected chi connectivity index (χ3v) is 3.12. The minimum absolute atomic E-state index is 0.0832. The van der Waals surface area contributed by atoms with Crippen LogP contribution in [0, 0.1) is 0 Å². The van der Waals surface area contributed by atoms with E-state index in [0.29, 0.717) is 24.2 Å². The lowest BCUT2D eigenvalue weighted by Crippen LogP contribution is -2.21. The van der Waals surface area contributed by atoms with Gasteiger partial charge in [0.25, 0.3) is 0 Å². The molecule has 0 aliphatic heterocycles. The predicted molar refractivity (Wildman–Crippen MR) is 75.0 cm³/mol. The molecule has 0 fully saturated rings. The van der Waals surface area contributed by atoms with Crippen molar-refractivity contribution in [3.8, 4) is 0 Å². The molecule has 1 aromatic carbocycles. The molecule has 1 amide bonds. The number of nitrogens with two attached hydrogens (primary N) is 1. The molecule has 0 spiro atoms. The highest BCUT2D eigenvalue weighted by Gasteiger charge is 2.06. The van der Waals surface area contributed by atoms with E-state index < -0.39 is 10.0 Å². The first-order valence-corrected chi connectivity index (χ1v) is 7.72. The van der Waals surface area contributed by atoms with Gasteiger partial charge in [-0.3, -0.25) is 4.79 Å². The van der Waals surface area contributed by atoms with Crippen molar-refractivity contribution in [2.45, 2.75) is 19.1 Å². The van der Waals surface area contributed by atoms with Gasteiger partial charge in [0, 0.05) is 18.7 Å². The van der Waals surface area contributed by atoms with Gasteiger partial charge >= 0.3 is 0 Å². The Bertz CT molecular complexity index is 512. The Morgan fingerprint density at radius 2 is 1.89 bits per heavy atom. The minimum atomic E-state index is -3.52. The van der Waals surface area contributed by atoms with Crippen molar-refractivity contribution in [1.29, 1.82) is 0 Å². The molecule has 0 atom stereocenters. The summed E-state index contributed by atoms with van der Waals surface area (Å²) in [6.45, 7) is 3.43. The van der Waals surface area contributed by atoms with Crippen LogP contribution < -0.4 is 15.8 Å². The normalized spacial score (nSPS) is 11.3. The monoisotopic (exact) mass is 285 g/mol. The minimum Gasteiger partial charge on any atom is -0.326 e. The molecule has 6 nitrogen and oxygen atoms in total. The second kappa shape index (κ2) is 7.22. The third-order valence-electron chi connectivity index (χ3n) is 2.38. The summed E-state index contributed by atoms with van der Waals surface area (Å²) < 4.78 is 21.8. The molecule has 0 aliphatic carbocycles. The molecule has 1 rings (SSSR count). The number of carbonyl (C=O) groups is 1. The maximum absolute atomic E-state index is 11.5. The number of sulfonamides is 1. The lowest BCUT2D eigenvalue weighted by Gasteiger charge is -2.06. The van der Waals surface area contributed by atoms with Crippen LogP contribution in [0.3, 0.4) is 0 Å².